The quantitative estimate of drug-likeness (QED) is 0.573. The Morgan fingerprint density at radius 1 is 1.18 bits per heavy atom. The Hall–Kier alpha value is -1.36. The second-order valence-corrected chi connectivity index (χ2v) is 5.82. The van der Waals surface area contributed by atoms with E-state index in [0.29, 0.717) is 18.1 Å². The summed E-state index contributed by atoms with van der Waals surface area (Å²) in [6.45, 7) is 4.88. The van der Waals surface area contributed by atoms with Gasteiger partial charge in [0.25, 0.3) is 5.91 Å². The van der Waals surface area contributed by atoms with Crippen molar-refractivity contribution in [3.8, 4) is 0 Å². The highest BCUT2D eigenvalue weighted by Crippen LogP contribution is 2.13. The molecule has 5 nitrogen and oxygen atoms in total. The van der Waals surface area contributed by atoms with Crippen LogP contribution in [0.5, 0.6) is 0 Å². The first-order chi connectivity index (χ1) is 10.7. The Bertz CT molecular complexity index is 418. The summed E-state index contributed by atoms with van der Waals surface area (Å²) in [5, 5.41) is 2.88. The van der Waals surface area contributed by atoms with Gasteiger partial charge >= 0.3 is 0 Å². The third-order valence-electron chi connectivity index (χ3n) is 3.83. The number of nitrogens with one attached hydrogen (secondary N) is 1. The summed E-state index contributed by atoms with van der Waals surface area (Å²) in [7, 11) is 0. The standard InChI is InChI=1S/C17H31N3O2/c1-3-5-6-7-8-9-10-11-12-19-16(21)15-13-22-17(20-15)14(18)4-2/h13-14H,3-12,18H2,1-2H3,(H,19,21). The maximum atomic E-state index is 11.9. The smallest absolute Gasteiger partial charge is 0.273 e. The van der Waals surface area contributed by atoms with E-state index in [0.717, 1.165) is 19.3 Å². The summed E-state index contributed by atoms with van der Waals surface area (Å²) in [6.07, 6.45) is 12.2. The predicted octanol–water partition coefficient (Wildman–Crippen LogP) is 3.95. The molecule has 5 heteroatoms. The van der Waals surface area contributed by atoms with Crippen LogP contribution in [0.2, 0.25) is 0 Å². The zero-order valence-electron chi connectivity index (χ0n) is 14.1. The molecule has 0 aliphatic carbocycles. The molecular weight excluding hydrogens is 278 g/mol. The highest BCUT2D eigenvalue weighted by molar-refractivity contribution is 5.91. The minimum Gasteiger partial charge on any atom is -0.446 e. The van der Waals surface area contributed by atoms with E-state index in [2.05, 4.69) is 17.2 Å². The number of nitrogens with two attached hydrogens (primary N) is 1. The third kappa shape index (κ3) is 7.07. The minimum absolute atomic E-state index is 0.179. The molecule has 0 spiro atoms. The van der Waals surface area contributed by atoms with Gasteiger partial charge in [-0.25, -0.2) is 4.98 Å². The van der Waals surface area contributed by atoms with Crippen LogP contribution in [0.3, 0.4) is 0 Å². The van der Waals surface area contributed by atoms with Crippen molar-refractivity contribution in [1.29, 1.82) is 0 Å². The molecule has 0 saturated carbocycles. The zero-order valence-corrected chi connectivity index (χ0v) is 14.1. The van der Waals surface area contributed by atoms with Gasteiger partial charge in [-0.05, 0) is 12.8 Å². The predicted molar refractivity (Wildman–Crippen MR) is 88.7 cm³/mol. The first-order valence-electron chi connectivity index (χ1n) is 8.68. The van der Waals surface area contributed by atoms with E-state index < -0.39 is 0 Å². The topological polar surface area (TPSA) is 81.2 Å². The van der Waals surface area contributed by atoms with Crippen LogP contribution in [0.1, 0.15) is 94.1 Å². The minimum atomic E-state index is -0.241. The fraction of sp³-hybridized carbons (Fsp3) is 0.765. The summed E-state index contributed by atoms with van der Waals surface area (Å²) in [5.74, 6) is 0.251. The SMILES string of the molecule is CCCCCCCCCCNC(=O)c1coc(C(N)CC)n1. The molecule has 1 aromatic rings. The van der Waals surface area contributed by atoms with E-state index in [9.17, 15) is 4.79 Å². The number of hydrogen-bond acceptors (Lipinski definition) is 4. The summed E-state index contributed by atoms with van der Waals surface area (Å²) in [4.78, 5) is 16.0. The van der Waals surface area contributed by atoms with Crippen molar-refractivity contribution in [3.05, 3.63) is 17.8 Å². The molecule has 1 aromatic heterocycles. The van der Waals surface area contributed by atoms with Crippen LogP contribution in [-0.2, 0) is 0 Å². The summed E-state index contributed by atoms with van der Waals surface area (Å²) < 4.78 is 5.23. The van der Waals surface area contributed by atoms with Crippen LogP contribution in [-0.4, -0.2) is 17.4 Å². The van der Waals surface area contributed by atoms with Crippen LogP contribution in [0.4, 0.5) is 0 Å². The average Bonchev–Trinajstić information content (AvgIpc) is 3.02. The molecule has 22 heavy (non-hydrogen) atoms. The van der Waals surface area contributed by atoms with Gasteiger partial charge < -0.3 is 15.5 Å². The molecule has 126 valence electrons. The van der Waals surface area contributed by atoms with Crippen molar-refractivity contribution in [2.75, 3.05) is 6.54 Å². The van der Waals surface area contributed by atoms with E-state index in [1.165, 1.54) is 44.8 Å². The Kier molecular flexibility index (Phi) is 9.55. The van der Waals surface area contributed by atoms with E-state index in [-0.39, 0.29) is 11.9 Å². The van der Waals surface area contributed by atoms with E-state index >= 15 is 0 Å². The highest BCUT2D eigenvalue weighted by Gasteiger charge is 2.15. The molecule has 0 radical (unpaired) electrons. The summed E-state index contributed by atoms with van der Waals surface area (Å²) in [5.41, 5.74) is 6.14. The van der Waals surface area contributed by atoms with Gasteiger partial charge in [0, 0.05) is 6.54 Å². The Labute approximate surface area is 134 Å². The van der Waals surface area contributed by atoms with Crippen LogP contribution in [0.25, 0.3) is 0 Å². The first kappa shape index (κ1) is 18.7. The van der Waals surface area contributed by atoms with Crippen molar-refractivity contribution in [2.45, 2.75) is 77.7 Å². The van der Waals surface area contributed by atoms with Crippen molar-refractivity contribution in [3.63, 3.8) is 0 Å². The monoisotopic (exact) mass is 309 g/mol. The largest absolute Gasteiger partial charge is 0.446 e. The number of carbonyl (C=O) groups is 1. The summed E-state index contributed by atoms with van der Waals surface area (Å²) in [6, 6.07) is -0.241. The van der Waals surface area contributed by atoms with E-state index in [4.69, 9.17) is 10.2 Å². The highest BCUT2D eigenvalue weighted by atomic mass is 16.3. The van der Waals surface area contributed by atoms with Crippen LogP contribution in [0, 0.1) is 0 Å². The maximum absolute atomic E-state index is 11.9. The lowest BCUT2D eigenvalue weighted by Crippen LogP contribution is -2.25. The zero-order chi connectivity index (χ0) is 16.2. The van der Waals surface area contributed by atoms with E-state index in [1.54, 1.807) is 0 Å². The molecule has 0 bridgehead atoms. The van der Waals surface area contributed by atoms with Crippen LogP contribution < -0.4 is 11.1 Å². The lowest BCUT2D eigenvalue weighted by atomic mass is 10.1. The molecule has 0 saturated heterocycles. The Morgan fingerprint density at radius 3 is 2.45 bits per heavy atom. The molecule has 3 N–H and O–H groups in total. The lowest BCUT2D eigenvalue weighted by molar-refractivity contribution is 0.0948. The fourth-order valence-corrected chi connectivity index (χ4v) is 2.29. The number of oxazole rings is 1. The van der Waals surface area contributed by atoms with Gasteiger partial charge in [0.05, 0.1) is 6.04 Å². The Balaban J connectivity index is 2.09. The molecule has 1 amide bonds. The molecule has 1 atom stereocenters. The molecular formula is C17H31N3O2. The molecule has 0 aliphatic rings. The van der Waals surface area contributed by atoms with Crippen molar-refractivity contribution in [1.82, 2.24) is 10.3 Å². The fourth-order valence-electron chi connectivity index (χ4n) is 2.29. The van der Waals surface area contributed by atoms with Gasteiger partial charge in [0.1, 0.15) is 6.26 Å². The molecule has 0 fully saturated rings. The van der Waals surface area contributed by atoms with Gasteiger partial charge in [-0.15, -0.1) is 0 Å². The van der Waals surface area contributed by atoms with Crippen LogP contribution >= 0.6 is 0 Å². The number of carbonyl (C=O) groups excluding carboxylic acids is 1. The van der Waals surface area contributed by atoms with E-state index in [1.807, 2.05) is 6.92 Å². The van der Waals surface area contributed by atoms with Crippen molar-refractivity contribution in [2.24, 2.45) is 5.73 Å². The first-order valence-corrected chi connectivity index (χ1v) is 8.68. The number of aromatic nitrogens is 1. The van der Waals surface area contributed by atoms with Gasteiger partial charge in [0.15, 0.2) is 5.69 Å². The number of unbranched alkanes of at least 4 members (excludes halogenated alkanes) is 7. The molecule has 1 rings (SSSR count). The molecule has 0 aromatic carbocycles. The second-order valence-electron chi connectivity index (χ2n) is 5.82. The van der Waals surface area contributed by atoms with Gasteiger partial charge in [-0.3, -0.25) is 4.79 Å². The third-order valence-corrected chi connectivity index (χ3v) is 3.83. The molecule has 1 unspecified atom stereocenters. The maximum Gasteiger partial charge on any atom is 0.273 e. The van der Waals surface area contributed by atoms with Gasteiger partial charge in [-0.2, -0.15) is 0 Å². The van der Waals surface area contributed by atoms with Crippen molar-refractivity contribution >= 4 is 5.91 Å². The number of hydrogen-bond donors (Lipinski definition) is 2. The lowest BCUT2D eigenvalue weighted by Gasteiger charge is -2.04. The van der Waals surface area contributed by atoms with Crippen LogP contribution in [0.15, 0.2) is 10.7 Å². The number of rotatable bonds is 12. The summed E-state index contributed by atoms with van der Waals surface area (Å²) >= 11 is 0. The van der Waals surface area contributed by atoms with Crippen molar-refractivity contribution < 1.29 is 9.21 Å². The number of nitrogens with zero attached hydrogens (tertiary/aromatic N) is 1. The molecule has 1 heterocycles. The molecule has 0 aliphatic heterocycles. The Morgan fingerprint density at radius 2 is 1.82 bits per heavy atom. The normalized spacial score (nSPS) is 12.3. The second kappa shape index (κ2) is 11.2. The van der Waals surface area contributed by atoms with Gasteiger partial charge in [-0.1, -0.05) is 58.8 Å². The van der Waals surface area contributed by atoms with Gasteiger partial charge in [0.2, 0.25) is 5.89 Å². The number of amides is 1. The average molecular weight is 309 g/mol.